The van der Waals surface area contributed by atoms with E-state index in [2.05, 4.69) is 50.7 Å². The summed E-state index contributed by atoms with van der Waals surface area (Å²) in [6.45, 7) is 7.44. The Morgan fingerprint density at radius 3 is 2.41 bits per heavy atom. The molecule has 0 spiro atoms. The highest BCUT2D eigenvalue weighted by Crippen LogP contribution is 2.26. The monoisotopic (exact) mass is 409 g/mol. The van der Waals surface area contributed by atoms with Crippen LogP contribution in [0.4, 0.5) is 21.8 Å². The molecule has 1 aliphatic heterocycles. The first-order valence-corrected chi connectivity index (χ1v) is 10.5. The van der Waals surface area contributed by atoms with Crippen molar-refractivity contribution in [3.8, 4) is 0 Å². The Morgan fingerprint density at radius 1 is 0.931 bits per heavy atom. The molecule has 2 aromatic carbocycles. The highest BCUT2D eigenvalue weighted by atomic mass is 32.2. The molecule has 4 rings (SSSR count). The zero-order valence-corrected chi connectivity index (χ0v) is 17.4. The maximum Gasteiger partial charge on any atom is 0.227 e. The number of aromatic nitrogens is 2. The molecule has 1 fully saturated rings. The van der Waals surface area contributed by atoms with Gasteiger partial charge in [0.05, 0.1) is 0 Å². The Bertz CT molecular complexity index is 971. The molecule has 2 heterocycles. The van der Waals surface area contributed by atoms with E-state index in [0.29, 0.717) is 0 Å². The predicted octanol–water partition coefficient (Wildman–Crippen LogP) is 4.81. The van der Waals surface area contributed by atoms with Crippen molar-refractivity contribution in [2.45, 2.75) is 18.7 Å². The molecular weight excluding hydrogens is 385 g/mol. The van der Waals surface area contributed by atoms with Gasteiger partial charge in [-0.3, -0.25) is 0 Å². The molecule has 0 radical (unpaired) electrons. The number of aryl methyl sites for hydroxylation is 2. The maximum atomic E-state index is 13.4. The van der Waals surface area contributed by atoms with Crippen molar-refractivity contribution in [2.24, 2.45) is 0 Å². The summed E-state index contributed by atoms with van der Waals surface area (Å²) in [7, 11) is 0. The summed E-state index contributed by atoms with van der Waals surface area (Å²) < 4.78 is 15.7. The molecule has 7 heteroatoms. The Labute approximate surface area is 175 Å². The molecule has 0 atom stereocenters. The number of nitrogens with zero attached hydrogens (tertiary/aromatic N) is 4. The minimum atomic E-state index is -0.199. The first-order valence-electron chi connectivity index (χ1n) is 9.68. The van der Waals surface area contributed by atoms with Crippen molar-refractivity contribution >= 4 is 29.4 Å². The van der Waals surface area contributed by atoms with Crippen LogP contribution in [-0.2, 0) is 0 Å². The first kappa shape index (κ1) is 19.7. The lowest BCUT2D eigenvalue weighted by atomic mass is 10.2. The van der Waals surface area contributed by atoms with Crippen LogP contribution in [0.5, 0.6) is 0 Å². The van der Waals surface area contributed by atoms with Crippen molar-refractivity contribution in [3.63, 3.8) is 0 Å². The molecule has 1 N–H and O–H groups in total. The number of hydrogen-bond acceptors (Lipinski definition) is 6. The van der Waals surface area contributed by atoms with E-state index in [9.17, 15) is 4.39 Å². The summed E-state index contributed by atoms with van der Waals surface area (Å²) >= 11 is 1.60. The van der Waals surface area contributed by atoms with Crippen LogP contribution in [0, 0.1) is 19.7 Å². The predicted molar refractivity (Wildman–Crippen MR) is 117 cm³/mol. The van der Waals surface area contributed by atoms with Crippen LogP contribution in [0.25, 0.3) is 0 Å². The third-order valence-electron chi connectivity index (χ3n) is 4.72. The lowest BCUT2D eigenvalue weighted by Gasteiger charge is -2.34. The second-order valence-electron chi connectivity index (χ2n) is 7.15. The van der Waals surface area contributed by atoms with Gasteiger partial charge in [0.1, 0.15) is 11.6 Å². The van der Waals surface area contributed by atoms with Crippen molar-refractivity contribution in [3.05, 3.63) is 71.7 Å². The smallest absolute Gasteiger partial charge is 0.227 e. The van der Waals surface area contributed by atoms with Gasteiger partial charge in [-0.15, -0.1) is 0 Å². The van der Waals surface area contributed by atoms with E-state index in [1.54, 1.807) is 24.1 Å². The Kier molecular flexibility index (Phi) is 5.97. The van der Waals surface area contributed by atoms with E-state index < -0.39 is 0 Å². The summed E-state index contributed by atoms with van der Waals surface area (Å²) in [6, 6.07) is 16.9. The highest BCUT2D eigenvalue weighted by Gasteiger charge is 2.20. The summed E-state index contributed by atoms with van der Waals surface area (Å²) in [5, 5.41) is 3.37. The van der Waals surface area contributed by atoms with Gasteiger partial charge in [-0.05, 0) is 56.1 Å². The average molecular weight is 410 g/mol. The van der Waals surface area contributed by atoms with Gasteiger partial charge in [-0.25, -0.2) is 13.7 Å². The summed E-state index contributed by atoms with van der Waals surface area (Å²) in [4.78, 5) is 12.5. The number of piperazine rings is 1. The molecule has 1 aromatic heterocycles. The normalized spacial score (nSPS) is 14.8. The van der Waals surface area contributed by atoms with E-state index in [1.165, 1.54) is 11.6 Å². The van der Waals surface area contributed by atoms with Crippen LogP contribution >= 0.6 is 11.9 Å². The molecule has 5 nitrogen and oxygen atoms in total. The highest BCUT2D eigenvalue weighted by molar-refractivity contribution is 7.97. The summed E-state index contributed by atoms with van der Waals surface area (Å²) in [5.74, 6) is 1.35. The first-order chi connectivity index (χ1) is 14.0. The molecule has 3 aromatic rings. The van der Waals surface area contributed by atoms with Crippen LogP contribution in [0.1, 0.15) is 11.3 Å². The molecular formula is C22H24FN5S. The van der Waals surface area contributed by atoms with Gasteiger partial charge in [0, 0.05) is 48.5 Å². The fraction of sp³-hybridized carbons (Fsp3) is 0.273. The van der Waals surface area contributed by atoms with Crippen LogP contribution < -0.4 is 10.2 Å². The quantitative estimate of drug-likeness (QED) is 0.611. The number of anilines is 3. The fourth-order valence-electron chi connectivity index (χ4n) is 3.20. The van der Waals surface area contributed by atoms with E-state index >= 15 is 0 Å². The zero-order chi connectivity index (χ0) is 20.2. The van der Waals surface area contributed by atoms with Crippen LogP contribution in [0.15, 0.2) is 59.5 Å². The van der Waals surface area contributed by atoms with Crippen LogP contribution in [0.3, 0.4) is 0 Å². The van der Waals surface area contributed by atoms with Crippen molar-refractivity contribution in [2.75, 3.05) is 36.4 Å². The number of rotatable bonds is 5. The molecule has 0 aliphatic carbocycles. The molecule has 0 bridgehead atoms. The fourth-order valence-corrected chi connectivity index (χ4v) is 4.14. The molecule has 1 saturated heterocycles. The van der Waals surface area contributed by atoms with E-state index in [-0.39, 0.29) is 5.82 Å². The average Bonchev–Trinajstić information content (AvgIpc) is 2.70. The van der Waals surface area contributed by atoms with E-state index in [0.717, 1.165) is 54.2 Å². The largest absolute Gasteiger partial charge is 0.340 e. The summed E-state index contributed by atoms with van der Waals surface area (Å²) in [5.41, 5.74) is 3.17. The molecule has 0 unspecified atom stereocenters. The van der Waals surface area contributed by atoms with Crippen LogP contribution in [-0.4, -0.2) is 40.5 Å². The molecule has 150 valence electrons. The summed E-state index contributed by atoms with van der Waals surface area (Å²) in [6.07, 6.45) is 0. The zero-order valence-electron chi connectivity index (χ0n) is 16.6. The lowest BCUT2D eigenvalue weighted by Crippen LogP contribution is -2.44. The van der Waals surface area contributed by atoms with Gasteiger partial charge >= 0.3 is 0 Å². The van der Waals surface area contributed by atoms with E-state index in [1.807, 2.05) is 19.1 Å². The van der Waals surface area contributed by atoms with Crippen molar-refractivity contribution in [1.29, 1.82) is 0 Å². The number of nitrogens with one attached hydrogen (secondary N) is 1. The Morgan fingerprint density at radius 2 is 1.69 bits per heavy atom. The second-order valence-corrected chi connectivity index (χ2v) is 8.32. The third-order valence-corrected chi connectivity index (χ3v) is 5.81. The Balaban J connectivity index is 1.40. The standard InChI is InChI=1S/C22H24FN5S/c1-16-6-8-19(9-7-16)25-21-14-17(2)24-22(26-21)27-10-12-28(13-11-27)29-20-5-3-4-18(23)15-20/h3-9,14-15H,10-13H2,1-2H3,(H,24,25,26). The topological polar surface area (TPSA) is 44.3 Å². The Hall–Kier alpha value is -2.64. The number of hydrogen-bond donors (Lipinski definition) is 1. The van der Waals surface area contributed by atoms with Gasteiger partial charge in [-0.1, -0.05) is 23.8 Å². The number of benzene rings is 2. The lowest BCUT2D eigenvalue weighted by molar-refractivity contribution is 0.426. The third kappa shape index (κ3) is 5.25. The second kappa shape index (κ2) is 8.80. The van der Waals surface area contributed by atoms with Gasteiger partial charge in [-0.2, -0.15) is 4.98 Å². The van der Waals surface area contributed by atoms with Crippen LogP contribution in [0.2, 0.25) is 0 Å². The van der Waals surface area contributed by atoms with Gasteiger partial charge < -0.3 is 10.2 Å². The van der Waals surface area contributed by atoms with Crippen molar-refractivity contribution < 1.29 is 4.39 Å². The van der Waals surface area contributed by atoms with Gasteiger partial charge in [0.15, 0.2) is 0 Å². The van der Waals surface area contributed by atoms with Gasteiger partial charge in [0.2, 0.25) is 5.95 Å². The molecule has 1 aliphatic rings. The maximum absolute atomic E-state index is 13.4. The number of halogens is 1. The molecule has 29 heavy (non-hydrogen) atoms. The van der Waals surface area contributed by atoms with E-state index in [4.69, 9.17) is 4.98 Å². The minimum absolute atomic E-state index is 0.199. The SMILES string of the molecule is Cc1ccc(Nc2cc(C)nc(N3CCN(Sc4cccc(F)c4)CC3)n2)cc1. The molecule has 0 amide bonds. The van der Waals surface area contributed by atoms with Crippen molar-refractivity contribution in [1.82, 2.24) is 14.3 Å². The van der Waals surface area contributed by atoms with Gasteiger partial charge in [0.25, 0.3) is 0 Å². The minimum Gasteiger partial charge on any atom is -0.340 e. The molecule has 0 saturated carbocycles.